The second-order valence-electron chi connectivity index (χ2n) is 6.77. The Morgan fingerprint density at radius 3 is 2.50 bits per heavy atom. The van der Waals surface area contributed by atoms with Crippen LogP contribution in [0, 0.1) is 13.8 Å². The highest BCUT2D eigenvalue weighted by molar-refractivity contribution is 7.89. The zero-order valence-electron chi connectivity index (χ0n) is 16.8. The van der Waals surface area contributed by atoms with Crippen LogP contribution < -0.4 is 0 Å². The summed E-state index contributed by atoms with van der Waals surface area (Å²) in [6.07, 6.45) is 0. The number of nitrogens with zero attached hydrogens (tertiary/aromatic N) is 2. The van der Waals surface area contributed by atoms with E-state index >= 15 is 0 Å². The Morgan fingerprint density at radius 1 is 1.17 bits per heavy atom. The molecule has 0 unspecified atom stereocenters. The van der Waals surface area contributed by atoms with Crippen molar-refractivity contribution in [2.24, 2.45) is 0 Å². The maximum atomic E-state index is 13.0. The maximum Gasteiger partial charge on any atom is 0.340 e. The van der Waals surface area contributed by atoms with Crippen molar-refractivity contribution < 1.29 is 22.5 Å². The van der Waals surface area contributed by atoms with E-state index < -0.39 is 16.0 Å². The summed E-state index contributed by atoms with van der Waals surface area (Å²) in [6.45, 7) is 3.59. The Hall–Kier alpha value is -2.68. The molecule has 158 valence electrons. The quantitative estimate of drug-likeness (QED) is 0.505. The second kappa shape index (κ2) is 8.99. The average Bonchev–Trinajstić information content (AvgIpc) is 3.04. The molecule has 0 fully saturated rings. The number of aromatic nitrogens is 1. The Bertz CT molecular complexity index is 1140. The van der Waals surface area contributed by atoms with Gasteiger partial charge in [0.1, 0.15) is 12.4 Å². The molecule has 2 aromatic carbocycles. The van der Waals surface area contributed by atoms with Crippen LogP contribution in [0.3, 0.4) is 0 Å². The molecule has 3 aromatic rings. The van der Waals surface area contributed by atoms with Crippen LogP contribution in [0.4, 0.5) is 0 Å². The molecule has 0 saturated heterocycles. The van der Waals surface area contributed by atoms with Gasteiger partial charge in [0.15, 0.2) is 0 Å². The smallest absolute Gasteiger partial charge is 0.340 e. The molecule has 0 spiro atoms. The van der Waals surface area contributed by atoms with Gasteiger partial charge in [0.25, 0.3) is 0 Å². The summed E-state index contributed by atoms with van der Waals surface area (Å²) in [5, 5.41) is 3.91. The lowest BCUT2D eigenvalue weighted by molar-refractivity contribution is 0.0470. The van der Waals surface area contributed by atoms with E-state index in [0.717, 1.165) is 5.56 Å². The number of ether oxygens (including phenoxy) is 1. The molecule has 0 saturated carbocycles. The van der Waals surface area contributed by atoms with Crippen LogP contribution >= 0.6 is 11.6 Å². The van der Waals surface area contributed by atoms with Crippen LogP contribution in [0.15, 0.2) is 57.9 Å². The summed E-state index contributed by atoms with van der Waals surface area (Å²) in [4.78, 5) is 12.5. The van der Waals surface area contributed by atoms with Gasteiger partial charge in [0.05, 0.1) is 26.7 Å². The minimum atomic E-state index is -3.84. The molecule has 1 aromatic heterocycles. The number of hydrogen-bond acceptors (Lipinski definition) is 6. The van der Waals surface area contributed by atoms with Crippen molar-refractivity contribution in [1.82, 2.24) is 9.46 Å². The lowest BCUT2D eigenvalue weighted by atomic mass is 10.2. The minimum absolute atomic E-state index is 0.0300. The van der Waals surface area contributed by atoms with Gasteiger partial charge in [-0.15, -0.1) is 0 Å². The number of esters is 1. The topological polar surface area (TPSA) is 89.7 Å². The van der Waals surface area contributed by atoms with Crippen molar-refractivity contribution in [2.45, 2.75) is 31.9 Å². The number of benzene rings is 2. The SMILES string of the molecule is Cc1noc(C)c1COC(=O)c1cc(S(=O)(=O)N(C)Cc2ccccc2)ccc1Cl. The van der Waals surface area contributed by atoms with Crippen LogP contribution in [-0.4, -0.2) is 30.9 Å². The van der Waals surface area contributed by atoms with E-state index in [2.05, 4.69) is 5.16 Å². The molecule has 0 aliphatic carbocycles. The number of carbonyl (C=O) groups is 1. The highest BCUT2D eigenvalue weighted by Crippen LogP contribution is 2.25. The fraction of sp³-hybridized carbons (Fsp3) is 0.238. The highest BCUT2D eigenvalue weighted by atomic mass is 35.5. The van der Waals surface area contributed by atoms with E-state index in [1.807, 2.05) is 30.3 Å². The monoisotopic (exact) mass is 448 g/mol. The average molecular weight is 449 g/mol. The molecule has 0 atom stereocenters. The maximum absolute atomic E-state index is 13.0. The predicted octanol–water partition coefficient (Wildman–Crippen LogP) is 4.12. The van der Waals surface area contributed by atoms with Crippen molar-refractivity contribution in [3.8, 4) is 0 Å². The fourth-order valence-electron chi connectivity index (χ4n) is 2.85. The summed E-state index contributed by atoms with van der Waals surface area (Å²) >= 11 is 6.13. The zero-order valence-corrected chi connectivity index (χ0v) is 18.3. The van der Waals surface area contributed by atoms with Crippen LogP contribution in [0.2, 0.25) is 5.02 Å². The summed E-state index contributed by atoms with van der Waals surface area (Å²) in [7, 11) is -2.36. The first-order valence-electron chi connectivity index (χ1n) is 9.09. The molecular formula is C21H21ClN2O5S. The van der Waals surface area contributed by atoms with E-state index in [1.165, 1.54) is 29.6 Å². The minimum Gasteiger partial charge on any atom is -0.457 e. The first kappa shape index (κ1) is 22.0. The molecule has 9 heteroatoms. The molecule has 30 heavy (non-hydrogen) atoms. The Balaban J connectivity index is 1.80. The van der Waals surface area contributed by atoms with Gasteiger partial charge >= 0.3 is 5.97 Å². The predicted molar refractivity (Wildman–Crippen MR) is 112 cm³/mol. The van der Waals surface area contributed by atoms with Crippen LogP contribution in [0.25, 0.3) is 0 Å². The van der Waals surface area contributed by atoms with Crippen molar-refractivity contribution >= 4 is 27.6 Å². The zero-order chi connectivity index (χ0) is 21.9. The Morgan fingerprint density at radius 2 is 1.87 bits per heavy atom. The Kier molecular flexibility index (Phi) is 6.60. The summed E-state index contributed by atoms with van der Waals surface area (Å²) in [5.41, 5.74) is 2.09. The summed E-state index contributed by atoms with van der Waals surface area (Å²) < 4.78 is 37.5. The first-order valence-corrected chi connectivity index (χ1v) is 10.9. The Labute approximate surface area is 180 Å². The molecule has 7 nitrogen and oxygen atoms in total. The fourth-order valence-corrected chi connectivity index (χ4v) is 4.23. The summed E-state index contributed by atoms with van der Waals surface area (Å²) in [5.74, 6) is -0.187. The number of carbonyl (C=O) groups excluding carboxylic acids is 1. The standard InChI is InChI=1S/C21H21ClN2O5S/c1-14-19(15(2)29-23-14)13-28-21(25)18-11-17(9-10-20(18)22)30(26,27)24(3)12-16-7-5-4-6-8-16/h4-11H,12-13H2,1-3H3. The molecular weight excluding hydrogens is 428 g/mol. The molecule has 0 amide bonds. The molecule has 0 aliphatic heterocycles. The van der Waals surface area contributed by atoms with E-state index in [1.54, 1.807) is 13.8 Å². The molecule has 3 rings (SSSR count). The van der Waals surface area contributed by atoms with Gasteiger partial charge in [-0.1, -0.05) is 47.1 Å². The van der Waals surface area contributed by atoms with E-state index in [4.69, 9.17) is 20.9 Å². The van der Waals surface area contributed by atoms with Crippen molar-refractivity contribution in [3.63, 3.8) is 0 Å². The van der Waals surface area contributed by atoms with Gasteiger partial charge < -0.3 is 9.26 Å². The van der Waals surface area contributed by atoms with E-state index in [9.17, 15) is 13.2 Å². The number of halogens is 1. The third-order valence-electron chi connectivity index (χ3n) is 4.64. The normalized spacial score (nSPS) is 11.6. The third kappa shape index (κ3) is 4.72. The van der Waals surface area contributed by atoms with Gasteiger partial charge in [-0.05, 0) is 37.6 Å². The van der Waals surface area contributed by atoms with Gasteiger partial charge in [-0.2, -0.15) is 4.31 Å². The first-order chi connectivity index (χ1) is 14.2. The van der Waals surface area contributed by atoms with Gasteiger partial charge in [0.2, 0.25) is 10.0 Å². The van der Waals surface area contributed by atoms with E-state index in [-0.39, 0.29) is 28.6 Å². The van der Waals surface area contributed by atoms with Crippen molar-refractivity contribution in [2.75, 3.05) is 7.05 Å². The number of rotatable bonds is 7. The lowest BCUT2D eigenvalue weighted by Crippen LogP contribution is -2.26. The van der Waals surface area contributed by atoms with Gasteiger partial charge in [-0.3, -0.25) is 0 Å². The molecule has 1 heterocycles. The second-order valence-corrected chi connectivity index (χ2v) is 9.22. The van der Waals surface area contributed by atoms with Crippen LogP contribution in [0.5, 0.6) is 0 Å². The van der Waals surface area contributed by atoms with Crippen molar-refractivity contribution in [1.29, 1.82) is 0 Å². The van der Waals surface area contributed by atoms with Gasteiger partial charge in [0, 0.05) is 13.6 Å². The third-order valence-corrected chi connectivity index (χ3v) is 6.77. The highest BCUT2D eigenvalue weighted by Gasteiger charge is 2.24. The largest absolute Gasteiger partial charge is 0.457 e. The van der Waals surface area contributed by atoms with E-state index in [0.29, 0.717) is 17.0 Å². The summed E-state index contributed by atoms with van der Waals surface area (Å²) in [6, 6.07) is 13.2. The molecule has 0 aliphatic rings. The van der Waals surface area contributed by atoms with Crippen LogP contribution in [0.1, 0.15) is 32.9 Å². The van der Waals surface area contributed by atoms with Gasteiger partial charge in [-0.25, -0.2) is 13.2 Å². The molecule has 0 N–H and O–H groups in total. The number of sulfonamides is 1. The lowest BCUT2D eigenvalue weighted by Gasteiger charge is -2.18. The molecule has 0 bridgehead atoms. The van der Waals surface area contributed by atoms with Crippen molar-refractivity contribution in [3.05, 3.63) is 81.7 Å². The number of hydrogen-bond donors (Lipinski definition) is 0. The molecule has 0 radical (unpaired) electrons. The van der Waals surface area contributed by atoms with Crippen LogP contribution in [-0.2, 0) is 27.9 Å². The number of aryl methyl sites for hydroxylation is 2.